The minimum Gasteiger partial charge on any atom is -0.354 e. The van der Waals surface area contributed by atoms with Crippen molar-refractivity contribution in [3.05, 3.63) is 0 Å². The van der Waals surface area contributed by atoms with Gasteiger partial charge in [-0.1, -0.05) is 38.5 Å². The van der Waals surface area contributed by atoms with Crippen molar-refractivity contribution >= 4 is 5.91 Å². The maximum atomic E-state index is 12.1. The molecule has 2 aliphatic rings. The van der Waals surface area contributed by atoms with E-state index in [1.807, 2.05) is 0 Å². The predicted octanol–water partition coefficient (Wildman–Crippen LogP) is 2.34. The summed E-state index contributed by atoms with van der Waals surface area (Å²) >= 11 is 0. The molecule has 2 saturated carbocycles. The van der Waals surface area contributed by atoms with Crippen LogP contribution in [0.25, 0.3) is 0 Å². The number of nitrogens with one attached hydrogen (secondary N) is 1. The van der Waals surface area contributed by atoms with E-state index in [1.54, 1.807) is 0 Å². The summed E-state index contributed by atoms with van der Waals surface area (Å²) in [6, 6.07) is 0. The highest BCUT2D eigenvalue weighted by Gasteiger charge is 2.35. The molecule has 0 atom stereocenters. The highest BCUT2D eigenvalue weighted by molar-refractivity contribution is 5.86. The molecular formula is C14H26N2O. The summed E-state index contributed by atoms with van der Waals surface area (Å²) in [5.74, 6) is 0.794. The third-order valence-electron chi connectivity index (χ3n) is 4.47. The molecule has 0 heterocycles. The van der Waals surface area contributed by atoms with E-state index in [0.29, 0.717) is 5.92 Å². The normalized spacial score (nSPS) is 25.5. The predicted molar refractivity (Wildman–Crippen MR) is 69.6 cm³/mol. The molecule has 0 aromatic rings. The number of amides is 1. The zero-order chi connectivity index (χ0) is 12.1. The summed E-state index contributed by atoms with van der Waals surface area (Å²) < 4.78 is 0. The van der Waals surface area contributed by atoms with Crippen LogP contribution in [0.2, 0.25) is 0 Å². The average Bonchev–Trinajstić information content (AvgIpc) is 2.38. The molecule has 2 rings (SSSR count). The van der Waals surface area contributed by atoms with Crippen LogP contribution >= 0.6 is 0 Å². The molecule has 1 amide bonds. The monoisotopic (exact) mass is 238 g/mol. The molecule has 2 fully saturated rings. The van der Waals surface area contributed by atoms with Crippen LogP contribution in [0.3, 0.4) is 0 Å². The highest BCUT2D eigenvalue weighted by Crippen LogP contribution is 2.27. The second kappa shape index (κ2) is 5.85. The van der Waals surface area contributed by atoms with E-state index in [-0.39, 0.29) is 5.91 Å². The molecule has 0 aromatic carbocycles. The van der Waals surface area contributed by atoms with Gasteiger partial charge in [-0.2, -0.15) is 0 Å². The molecule has 0 aromatic heterocycles. The van der Waals surface area contributed by atoms with Crippen LogP contribution < -0.4 is 11.1 Å². The van der Waals surface area contributed by atoms with Gasteiger partial charge in [0.25, 0.3) is 0 Å². The lowest BCUT2D eigenvalue weighted by molar-refractivity contribution is -0.127. The van der Waals surface area contributed by atoms with Crippen molar-refractivity contribution in [2.75, 3.05) is 6.54 Å². The molecule has 0 radical (unpaired) electrons. The van der Waals surface area contributed by atoms with Gasteiger partial charge in [-0.15, -0.1) is 0 Å². The number of carbonyl (C=O) groups is 1. The number of hydrogen-bond acceptors (Lipinski definition) is 2. The summed E-state index contributed by atoms with van der Waals surface area (Å²) in [6.07, 6.45) is 11.7. The number of hydrogen-bond donors (Lipinski definition) is 2. The summed E-state index contributed by atoms with van der Waals surface area (Å²) in [5, 5.41) is 3.10. The van der Waals surface area contributed by atoms with Crippen LogP contribution in [0.15, 0.2) is 0 Å². The Morgan fingerprint density at radius 3 is 2.29 bits per heavy atom. The number of nitrogens with two attached hydrogens (primary N) is 1. The Kier molecular flexibility index (Phi) is 4.43. The minimum absolute atomic E-state index is 0.0998. The largest absolute Gasteiger partial charge is 0.354 e. The van der Waals surface area contributed by atoms with Crippen molar-refractivity contribution in [1.82, 2.24) is 5.32 Å². The summed E-state index contributed by atoms with van der Waals surface area (Å²) in [4.78, 5) is 12.1. The molecule has 2 aliphatic carbocycles. The fraction of sp³-hybridized carbons (Fsp3) is 0.929. The number of carbonyl (C=O) groups excluding carboxylic acids is 1. The third kappa shape index (κ3) is 3.44. The molecule has 0 aliphatic heterocycles. The van der Waals surface area contributed by atoms with Crippen LogP contribution in [0.1, 0.15) is 64.2 Å². The van der Waals surface area contributed by atoms with Crippen LogP contribution in [-0.4, -0.2) is 18.0 Å². The number of rotatable bonds is 3. The Morgan fingerprint density at radius 2 is 1.65 bits per heavy atom. The molecule has 3 heteroatoms. The summed E-state index contributed by atoms with van der Waals surface area (Å²) in [7, 11) is 0. The molecule has 0 spiro atoms. The van der Waals surface area contributed by atoms with Crippen molar-refractivity contribution in [3.8, 4) is 0 Å². The molecule has 98 valence electrons. The lowest BCUT2D eigenvalue weighted by atomic mass is 9.81. The standard InChI is InChI=1S/C14H26N2O/c15-14(9-5-2-6-10-14)13(17)16-11-12-7-3-1-4-8-12/h12H,1-11,15H2,(H,16,17). The van der Waals surface area contributed by atoms with E-state index in [0.717, 1.165) is 32.2 Å². The van der Waals surface area contributed by atoms with Crippen LogP contribution in [0, 0.1) is 5.92 Å². The lowest BCUT2D eigenvalue weighted by Crippen LogP contribution is -2.55. The van der Waals surface area contributed by atoms with Crippen molar-refractivity contribution in [2.24, 2.45) is 11.7 Å². The maximum absolute atomic E-state index is 12.1. The summed E-state index contributed by atoms with van der Waals surface area (Å²) in [6.45, 7) is 0.845. The fourth-order valence-corrected chi connectivity index (χ4v) is 3.21. The maximum Gasteiger partial charge on any atom is 0.240 e. The van der Waals surface area contributed by atoms with E-state index < -0.39 is 5.54 Å². The van der Waals surface area contributed by atoms with Crippen molar-refractivity contribution < 1.29 is 4.79 Å². The van der Waals surface area contributed by atoms with Gasteiger partial charge in [0, 0.05) is 6.54 Å². The molecule has 0 unspecified atom stereocenters. The molecule has 3 nitrogen and oxygen atoms in total. The van der Waals surface area contributed by atoms with Crippen LogP contribution in [-0.2, 0) is 4.79 Å². The zero-order valence-corrected chi connectivity index (χ0v) is 10.8. The Balaban J connectivity index is 1.75. The second-order valence-electron chi connectivity index (χ2n) is 5.93. The average molecular weight is 238 g/mol. The Bertz CT molecular complexity index is 253. The summed E-state index contributed by atoms with van der Waals surface area (Å²) in [5.41, 5.74) is 5.64. The van der Waals surface area contributed by atoms with E-state index in [1.165, 1.54) is 38.5 Å². The first-order chi connectivity index (χ1) is 8.21. The fourth-order valence-electron chi connectivity index (χ4n) is 3.21. The first-order valence-corrected chi connectivity index (χ1v) is 7.28. The molecule has 17 heavy (non-hydrogen) atoms. The minimum atomic E-state index is -0.563. The SMILES string of the molecule is NC1(C(=O)NCC2CCCCC2)CCCCC1. The molecular weight excluding hydrogens is 212 g/mol. The van der Waals surface area contributed by atoms with Gasteiger partial charge in [-0.3, -0.25) is 4.79 Å². The van der Waals surface area contributed by atoms with Crippen molar-refractivity contribution in [3.63, 3.8) is 0 Å². The van der Waals surface area contributed by atoms with E-state index in [9.17, 15) is 4.79 Å². The quantitative estimate of drug-likeness (QED) is 0.793. The van der Waals surface area contributed by atoms with Gasteiger partial charge in [0.15, 0.2) is 0 Å². The van der Waals surface area contributed by atoms with Gasteiger partial charge in [-0.25, -0.2) is 0 Å². The Labute approximate surface area is 105 Å². The topological polar surface area (TPSA) is 55.1 Å². The van der Waals surface area contributed by atoms with E-state index in [2.05, 4.69) is 5.32 Å². The smallest absolute Gasteiger partial charge is 0.240 e. The first kappa shape index (κ1) is 12.9. The van der Waals surface area contributed by atoms with Gasteiger partial charge in [0.05, 0.1) is 5.54 Å². The van der Waals surface area contributed by atoms with Gasteiger partial charge in [0.2, 0.25) is 5.91 Å². The van der Waals surface area contributed by atoms with Crippen LogP contribution in [0.5, 0.6) is 0 Å². The van der Waals surface area contributed by atoms with Gasteiger partial charge in [-0.05, 0) is 31.6 Å². The lowest BCUT2D eigenvalue weighted by Gasteiger charge is -2.32. The second-order valence-corrected chi connectivity index (χ2v) is 5.93. The zero-order valence-electron chi connectivity index (χ0n) is 10.8. The Morgan fingerprint density at radius 1 is 1.06 bits per heavy atom. The molecule has 3 N–H and O–H groups in total. The van der Waals surface area contributed by atoms with Crippen molar-refractivity contribution in [1.29, 1.82) is 0 Å². The van der Waals surface area contributed by atoms with E-state index >= 15 is 0 Å². The first-order valence-electron chi connectivity index (χ1n) is 7.28. The van der Waals surface area contributed by atoms with Crippen LogP contribution in [0.4, 0.5) is 0 Å². The highest BCUT2D eigenvalue weighted by atomic mass is 16.2. The van der Waals surface area contributed by atoms with Gasteiger partial charge in [0.1, 0.15) is 0 Å². The Hall–Kier alpha value is -0.570. The third-order valence-corrected chi connectivity index (χ3v) is 4.47. The van der Waals surface area contributed by atoms with E-state index in [4.69, 9.17) is 5.73 Å². The van der Waals surface area contributed by atoms with Gasteiger partial charge < -0.3 is 11.1 Å². The van der Waals surface area contributed by atoms with Crippen molar-refractivity contribution in [2.45, 2.75) is 69.7 Å². The molecule has 0 bridgehead atoms. The van der Waals surface area contributed by atoms with Gasteiger partial charge >= 0.3 is 0 Å². The molecule has 0 saturated heterocycles.